The van der Waals surface area contributed by atoms with Gasteiger partial charge in [0.2, 0.25) is 11.9 Å². The number of fused-ring (bicyclic) bond motifs is 1. The van der Waals surface area contributed by atoms with Crippen molar-refractivity contribution in [2.24, 2.45) is 0 Å². The van der Waals surface area contributed by atoms with Crippen LogP contribution in [0.25, 0.3) is 11.0 Å². The summed E-state index contributed by atoms with van der Waals surface area (Å²) in [5, 5.41) is 2.88. The molecule has 3 rings (SSSR count). The minimum atomic E-state index is -0.0589. The van der Waals surface area contributed by atoms with E-state index in [2.05, 4.69) is 10.3 Å². The first-order valence-corrected chi connectivity index (χ1v) is 7.05. The van der Waals surface area contributed by atoms with Gasteiger partial charge >= 0.3 is 0 Å². The first kappa shape index (κ1) is 13.4. The van der Waals surface area contributed by atoms with Gasteiger partial charge in [-0.25, -0.2) is 4.98 Å². The number of anilines is 1. The van der Waals surface area contributed by atoms with Crippen LogP contribution in [0.5, 0.6) is 0 Å². The minimum Gasteiger partial charge on any atom is -0.469 e. The molecule has 0 unspecified atom stereocenters. The summed E-state index contributed by atoms with van der Waals surface area (Å²) in [6.45, 7) is 2.79. The van der Waals surface area contributed by atoms with Crippen LogP contribution in [0, 0.1) is 0 Å². The molecule has 0 atom stereocenters. The Labute approximate surface area is 122 Å². The number of hydrogen-bond donors (Lipinski definition) is 1. The Kier molecular flexibility index (Phi) is 3.73. The van der Waals surface area contributed by atoms with E-state index in [1.54, 1.807) is 6.26 Å². The molecule has 1 amide bonds. The molecule has 3 aromatic rings. The van der Waals surface area contributed by atoms with Crippen molar-refractivity contribution in [2.75, 3.05) is 5.32 Å². The van der Waals surface area contributed by atoms with Crippen LogP contribution in [0.3, 0.4) is 0 Å². The minimum absolute atomic E-state index is 0.0589. The van der Waals surface area contributed by atoms with E-state index in [0.717, 1.165) is 23.3 Å². The Balaban J connectivity index is 1.73. The molecular formula is C16H17N3O2. The maximum absolute atomic E-state index is 12.0. The Hall–Kier alpha value is -2.56. The van der Waals surface area contributed by atoms with Crippen molar-refractivity contribution in [1.82, 2.24) is 9.55 Å². The van der Waals surface area contributed by atoms with E-state index < -0.39 is 0 Å². The van der Waals surface area contributed by atoms with Crippen molar-refractivity contribution < 1.29 is 9.21 Å². The number of rotatable bonds is 5. The quantitative estimate of drug-likeness (QED) is 0.782. The Morgan fingerprint density at radius 2 is 2.14 bits per heavy atom. The molecule has 0 bridgehead atoms. The number of aromatic nitrogens is 2. The molecule has 2 heterocycles. The molecule has 108 valence electrons. The molecule has 21 heavy (non-hydrogen) atoms. The number of carbonyl (C=O) groups excluding carboxylic acids is 1. The molecule has 0 aliphatic carbocycles. The lowest BCUT2D eigenvalue weighted by molar-refractivity contribution is -0.116. The number of imidazole rings is 1. The summed E-state index contributed by atoms with van der Waals surface area (Å²) >= 11 is 0. The fourth-order valence-electron chi connectivity index (χ4n) is 2.37. The van der Waals surface area contributed by atoms with E-state index in [-0.39, 0.29) is 5.91 Å². The SMILES string of the molecule is CCn1c(NC(=O)CCc2ccco2)nc2ccccc21. The first-order chi connectivity index (χ1) is 10.3. The van der Waals surface area contributed by atoms with Crippen LogP contribution in [-0.2, 0) is 17.8 Å². The highest BCUT2D eigenvalue weighted by molar-refractivity contribution is 5.91. The predicted molar refractivity (Wildman–Crippen MR) is 81.1 cm³/mol. The van der Waals surface area contributed by atoms with Gasteiger partial charge < -0.3 is 8.98 Å². The van der Waals surface area contributed by atoms with Gasteiger partial charge in [-0.3, -0.25) is 10.1 Å². The number of hydrogen-bond acceptors (Lipinski definition) is 3. The van der Waals surface area contributed by atoms with Crippen molar-refractivity contribution in [3.8, 4) is 0 Å². The molecule has 5 nitrogen and oxygen atoms in total. The number of benzene rings is 1. The third kappa shape index (κ3) is 2.81. The number of furan rings is 1. The van der Waals surface area contributed by atoms with Gasteiger partial charge in [-0.2, -0.15) is 0 Å². The third-order valence-corrected chi connectivity index (χ3v) is 3.40. The Morgan fingerprint density at radius 3 is 2.90 bits per heavy atom. The van der Waals surface area contributed by atoms with E-state index in [1.165, 1.54) is 0 Å². The van der Waals surface area contributed by atoms with Gasteiger partial charge in [0.15, 0.2) is 0 Å². The third-order valence-electron chi connectivity index (χ3n) is 3.40. The summed E-state index contributed by atoms with van der Waals surface area (Å²) in [6, 6.07) is 11.6. The van der Waals surface area contributed by atoms with Gasteiger partial charge in [-0.15, -0.1) is 0 Å². The maximum atomic E-state index is 12.0. The molecule has 0 aliphatic heterocycles. The molecule has 0 radical (unpaired) electrons. The topological polar surface area (TPSA) is 60.1 Å². The van der Waals surface area contributed by atoms with Crippen LogP contribution in [-0.4, -0.2) is 15.5 Å². The summed E-state index contributed by atoms with van der Waals surface area (Å²) < 4.78 is 7.23. The highest BCUT2D eigenvalue weighted by atomic mass is 16.3. The van der Waals surface area contributed by atoms with E-state index >= 15 is 0 Å². The summed E-state index contributed by atoms with van der Waals surface area (Å²) in [6.07, 6.45) is 2.58. The fourth-order valence-corrected chi connectivity index (χ4v) is 2.37. The van der Waals surface area contributed by atoms with Crippen molar-refractivity contribution in [3.05, 3.63) is 48.4 Å². The summed E-state index contributed by atoms with van der Waals surface area (Å²) in [7, 11) is 0. The van der Waals surface area contributed by atoms with Gasteiger partial charge in [0.25, 0.3) is 0 Å². The molecule has 5 heteroatoms. The Morgan fingerprint density at radius 1 is 1.29 bits per heavy atom. The largest absolute Gasteiger partial charge is 0.469 e. The first-order valence-electron chi connectivity index (χ1n) is 7.05. The van der Waals surface area contributed by atoms with Crippen LogP contribution in [0.15, 0.2) is 47.1 Å². The molecule has 0 aliphatic rings. The van der Waals surface area contributed by atoms with Crippen molar-refractivity contribution >= 4 is 22.9 Å². The molecule has 0 spiro atoms. The number of nitrogens with one attached hydrogen (secondary N) is 1. The number of carbonyl (C=O) groups is 1. The predicted octanol–water partition coefficient (Wildman–Crippen LogP) is 3.22. The van der Waals surface area contributed by atoms with Crippen LogP contribution < -0.4 is 5.32 Å². The normalized spacial score (nSPS) is 10.9. The number of amides is 1. The number of para-hydroxylation sites is 2. The van der Waals surface area contributed by atoms with Gasteiger partial charge in [0.05, 0.1) is 17.3 Å². The van der Waals surface area contributed by atoms with E-state index in [4.69, 9.17) is 4.42 Å². The monoisotopic (exact) mass is 283 g/mol. The maximum Gasteiger partial charge on any atom is 0.227 e. The van der Waals surface area contributed by atoms with Crippen molar-refractivity contribution in [2.45, 2.75) is 26.3 Å². The number of nitrogens with zero attached hydrogens (tertiary/aromatic N) is 2. The smallest absolute Gasteiger partial charge is 0.227 e. The van der Waals surface area contributed by atoms with E-state index in [1.807, 2.05) is 47.9 Å². The lowest BCUT2D eigenvalue weighted by Crippen LogP contribution is -2.16. The van der Waals surface area contributed by atoms with Gasteiger partial charge in [0.1, 0.15) is 5.76 Å². The van der Waals surface area contributed by atoms with Gasteiger partial charge in [-0.05, 0) is 31.2 Å². The van der Waals surface area contributed by atoms with Crippen LogP contribution in [0.4, 0.5) is 5.95 Å². The summed E-state index contributed by atoms with van der Waals surface area (Å²) in [5.74, 6) is 1.36. The summed E-state index contributed by atoms with van der Waals surface area (Å²) in [5.41, 5.74) is 1.92. The highest BCUT2D eigenvalue weighted by Gasteiger charge is 2.12. The second-order valence-electron chi connectivity index (χ2n) is 4.80. The standard InChI is InChI=1S/C16H17N3O2/c1-2-19-14-8-4-3-7-13(14)17-16(19)18-15(20)10-9-12-6-5-11-21-12/h3-8,11H,2,9-10H2,1H3,(H,17,18,20). The molecule has 2 aromatic heterocycles. The zero-order valence-electron chi connectivity index (χ0n) is 11.9. The molecule has 0 fully saturated rings. The lowest BCUT2D eigenvalue weighted by atomic mass is 10.2. The van der Waals surface area contributed by atoms with Crippen molar-refractivity contribution in [3.63, 3.8) is 0 Å². The zero-order chi connectivity index (χ0) is 14.7. The van der Waals surface area contributed by atoms with E-state index in [9.17, 15) is 4.79 Å². The number of aryl methyl sites for hydroxylation is 2. The van der Waals surface area contributed by atoms with E-state index in [0.29, 0.717) is 18.8 Å². The van der Waals surface area contributed by atoms with Crippen LogP contribution in [0.2, 0.25) is 0 Å². The fraction of sp³-hybridized carbons (Fsp3) is 0.250. The van der Waals surface area contributed by atoms with Crippen LogP contribution >= 0.6 is 0 Å². The average Bonchev–Trinajstić information content (AvgIpc) is 3.12. The molecule has 0 saturated heterocycles. The molecule has 1 N–H and O–H groups in total. The zero-order valence-corrected chi connectivity index (χ0v) is 11.9. The second-order valence-corrected chi connectivity index (χ2v) is 4.80. The summed E-state index contributed by atoms with van der Waals surface area (Å²) in [4.78, 5) is 16.5. The van der Waals surface area contributed by atoms with Crippen LogP contribution in [0.1, 0.15) is 19.1 Å². The van der Waals surface area contributed by atoms with Crippen molar-refractivity contribution in [1.29, 1.82) is 0 Å². The van der Waals surface area contributed by atoms with Gasteiger partial charge in [0, 0.05) is 19.4 Å². The second kappa shape index (κ2) is 5.83. The molecular weight excluding hydrogens is 266 g/mol. The highest BCUT2D eigenvalue weighted by Crippen LogP contribution is 2.19. The molecule has 0 saturated carbocycles. The average molecular weight is 283 g/mol. The van der Waals surface area contributed by atoms with Gasteiger partial charge in [-0.1, -0.05) is 12.1 Å². The lowest BCUT2D eigenvalue weighted by Gasteiger charge is -2.07. The Bertz CT molecular complexity index is 744. The molecule has 1 aromatic carbocycles.